The van der Waals surface area contributed by atoms with Gasteiger partial charge in [-0.3, -0.25) is 4.31 Å². The lowest BCUT2D eigenvalue weighted by Gasteiger charge is -2.23. The molecule has 2 aromatic carbocycles. The van der Waals surface area contributed by atoms with E-state index in [4.69, 9.17) is 0 Å². The largest absolute Gasteiger partial charge is 0.264 e. The molecule has 0 atom stereocenters. The number of rotatable bonds is 5. The van der Waals surface area contributed by atoms with Crippen molar-refractivity contribution in [3.05, 3.63) is 72.6 Å². The summed E-state index contributed by atoms with van der Waals surface area (Å²) in [5.74, 6) is -0.485. The lowest BCUT2D eigenvalue weighted by molar-refractivity contribution is 0.592. The van der Waals surface area contributed by atoms with Crippen molar-refractivity contribution in [2.75, 3.05) is 10.8 Å². The molecule has 0 spiro atoms. The van der Waals surface area contributed by atoms with E-state index < -0.39 is 15.8 Å². The Balaban J connectivity index is 2.50. The van der Waals surface area contributed by atoms with Crippen molar-refractivity contribution in [1.29, 1.82) is 0 Å². The third-order valence-electron chi connectivity index (χ3n) is 3.00. The Morgan fingerprint density at radius 1 is 1.19 bits per heavy atom. The van der Waals surface area contributed by atoms with Crippen molar-refractivity contribution in [1.82, 2.24) is 0 Å². The van der Waals surface area contributed by atoms with Crippen molar-refractivity contribution in [2.45, 2.75) is 11.8 Å². The fraction of sp³-hybridized carbons (Fsp3) is 0.125. The zero-order chi connectivity index (χ0) is 15.5. The van der Waals surface area contributed by atoms with E-state index >= 15 is 0 Å². The predicted molar refractivity (Wildman–Crippen MR) is 82.3 cm³/mol. The summed E-state index contributed by atoms with van der Waals surface area (Å²) in [5, 5.41) is 0. The zero-order valence-electron chi connectivity index (χ0n) is 11.7. The first-order chi connectivity index (χ1) is 9.95. The Kier molecular flexibility index (Phi) is 4.43. The lowest BCUT2D eigenvalue weighted by Crippen LogP contribution is -2.31. The summed E-state index contributed by atoms with van der Waals surface area (Å²) in [7, 11) is -3.75. The van der Waals surface area contributed by atoms with Crippen LogP contribution in [0.15, 0.2) is 66.1 Å². The Morgan fingerprint density at radius 3 is 2.43 bits per heavy atom. The number of halogens is 1. The molecule has 2 aromatic rings. The molecule has 0 saturated carbocycles. The molecule has 0 N–H and O–H groups in total. The second kappa shape index (κ2) is 6.10. The average molecular weight is 305 g/mol. The second-order valence-corrected chi connectivity index (χ2v) is 6.48. The minimum Gasteiger partial charge on any atom is -0.262 e. The van der Waals surface area contributed by atoms with Crippen LogP contribution in [0, 0.1) is 12.7 Å². The molecule has 0 heterocycles. The van der Waals surface area contributed by atoms with Crippen LogP contribution in [0.5, 0.6) is 0 Å². The highest BCUT2D eigenvalue weighted by Crippen LogP contribution is 2.24. The highest BCUT2D eigenvalue weighted by Gasteiger charge is 2.24. The Hall–Kier alpha value is -2.14. The number of nitrogens with zero attached hydrogens (tertiary/aromatic N) is 1. The normalized spacial score (nSPS) is 11.1. The first-order valence-corrected chi connectivity index (χ1v) is 7.85. The van der Waals surface area contributed by atoms with Gasteiger partial charge in [-0.15, -0.1) is 6.58 Å². The maximum absolute atomic E-state index is 13.4. The fourth-order valence-corrected chi connectivity index (χ4v) is 3.36. The molecule has 0 aliphatic carbocycles. The minimum absolute atomic E-state index is 0.0691. The summed E-state index contributed by atoms with van der Waals surface area (Å²) in [6, 6.07) is 12.0. The Bertz CT molecular complexity index is 739. The van der Waals surface area contributed by atoms with Crippen LogP contribution in [0.1, 0.15) is 5.56 Å². The number of anilines is 1. The van der Waals surface area contributed by atoms with Gasteiger partial charge in [-0.2, -0.15) is 0 Å². The summed E-state index contributed by atoms with van der Waals surface area (Å²) in [6.45, 7) is 5.52. The van der Waals surface area contributed by atoms with Gasteiger partial charge in [-0.1, -0.05) is 29.8 Å². The molecule has 5 heteroatoms. The van der Waals surface area contributed by atoms with Crippen LogP contribution < -0.4 is 4.31 Å². The molecule has 0 bridgehead atoms. The van der Waals surface area contributed by atoms with Crippen LogP contribution in [0.4, 0.5) is 10.1 Å². The number of hydrogen-bond donors (Lipinski definition) is 0. The van der Waals surface area contributed by atoms with E-state index in [1.807, 2.05) is 6.92 Å². The van der Waals surface area contributed by atoms with Gasteiger partial charge in [0.25, 0.3) is 10.0 Å². The SMILES string of the molecule is C=CCN(c1cccc(F)c1)S(=O)(=O)c1ccc(C)cc1. The molecular weight excluding hydrogens is 289 g/mol. The van der Waals surface area contributed by atoms with Crippen LogP contribution in [0.25, 0.3) is 0 Å². The van der Waals surface area contributed by atoms with E-state index in [2.05, 4.69) is 6.58 Å². The molecule has 110 valence electrons. The molecule has 0 aliphatic rings. The van der Waals surface area contributed by atoms with E-state index in [-0.39, 0.29) is 17.1 Å². The molecule has 0 aliphatic heterocycles. The summed E-state index contributed by atoms with van der Waals surface area (Å²) in [6.07, 6.45) is 1.47. The van der Waals surface area contributed by atoms with Crippen LogP contribution in [-0.2, 0) is 10.0 Å². The van der Waals surface area contributed by atoms with Crippen LogP contribution >= 0.6 is 0 Å². The molecule has 3 nitrogen and oxygen atoms in total. The summed E-state index contributed by atoms with van der Waals surface area (Å²) in [5.41, 5.74) is 1.24. The zero-order valence-corrected chi connectivity index (χ0v) is 12.5. The highest BCUT2D eigenvalue weighted by molar-refractivity contribution is 7.92. The number of aryl methyl sites for hydroxylation is 1. The topological polar surface area (TPSA) is 37.4 Å². The van der Waals surface area contributed by atoms with Crippen molar-refractivity contribution >= 4 is 15.7 Å². The number of sulfonamides is 1. The van der Waals surface area contributed by atoms with E-state index in [1.165, 1.54) is 24.3 Å². The van der Waals surface area contributed by atoms with Crippen molar-refractivity contribution in [2.24, 2.45) is 0 Å². The summed E-state index contributed by atoms with van der Waals surface area (Å²) in [4.78, 5) is 0.166. The molecular formula is C16H16FNO2S. The van der Waals surface area contributed by atoms with E-state index in [1.54, 1.807) is 30.3 Å². The van der Waals surface area contributed by atoms with Gasteiger partial charge >= 0.3 is 0 Å². The van der Waals surface area contributed by atoms with Crippen LogP contribution in [0.2, 0.25) is 0 Å². The van der Waals surface area contributed by atoms with Gasteiger partial charge in [0, 0.05) is 0 Å². The minimum atomic E-state index is -3.75. The maximum Gasteiger partial charge on any atom is 0.264 e. The third kappa shape index (κ3) is 3.31. The van der Waals surface area contributed by atoms with Crippen molar-refractivity contribution in [3.8, 4) is 0 Å². The van der Waals surface area contributed by atoms with Gasteiger partial charge in [-0.05, 0) is 37.3 Å². The average Bonchev–Trinajstić information content (AvgIpc) is 2.45. The second-order valence-electron chi connectivity index (χ2n) is 4.62. The maximum atomic E-state index is 13.4. The quantitative estimate of drug-likeness (QED) is 0.793. The monoisotopic (exact) mass is 305 g/mol. The molecule has 0 saturated heterocycles. The van der Waals surface area contributed by atoms with Gasteiger partial charge < -0.3 is 0 Å². The highest BCUT2D eigenvalue weighted by atomic mass is 32.2. The first-order valence-electron chi connectivity index (χ1n) is 6.41. The molecule has 0 fully saturated rings. The number of benzene rings is 2. The fourth-order valence-electron chi connectivity index (χ4n) is 1.93. The van der Waals surface area contributed by atoms with Gasteiger partial charge in [0.15, 0.2) is 0 Å². The van der Waals surface area contributed by atoms with Gasteiger partial charge in [0.2, 0.25) is 0 Å². The smallest absolute Gasteiger partial charge is 0.262 e. The molecule has 0 unspecified atom stereocenters. The van der Waals surface area contributed by atoms with Crippen LogP contribution in [0.3, 0.4) is 0 Å². The third-order valence-corrected chi connectivity index (χ3v) is 4.81. The van der Waals surface area contributed by atoms with Gasteiger partial charge in [-0.25, -0.2) is 12.8 Å². The molecule has 2 rings (SSSR count). The first kappa shape index (κ1) is 15.3. The predicted octanol–water partition coefficient (Wildman–Crippen LogP) is 3.52. The standard InChI is InChI=1S/C16H16FNO2S/c1-3-11-18(15-6-4-5-14(17)12-15)21(19,20)16-9-7-13(2)8-10-16/h3-10,12H,1,11H2,2H3. The van der Waals surface area contributed by atoms with Gasteiger partial charge in [0.1, 0.15) is 5.82 Å². The Labute approximate surface area is 124 Å². The van der Waals surface area contributed by atoms with E-state index in [9.17, 15) is 12.8 Å². The molecule has 21 heavy (non-hydrogen) atoms. The summed E-state index contributed by atoms with van der Waals surface area (Å²) >= 11 is 0. The summed E-state index contributed by atoms with van der Waals surface area (Å²) < 4.78 is 39.9. The number of hydrogen-bond acceptors (Lipinski definition) is 2. The Morgan fingerprint density at radius 2 is 1.86 bits per heavy atom. The van der Waals surface area contributed by atoms with Gasteiger partial charge in [0.05, 0.1) is 17.1 Å². The van der Waals surface area contributed by atoms with Crippen molar-refractivity contribution < 1.29 is 12.8 Å². The van der Waals surface area contributed by atoms with E-state index in [0.717, 1.165) is 9.87 Å². The van der Waals surface area contributed by atoms with Crippen molar-refractivity contribution in [3.63, 3.8) is 0 Å². The molecule has 0 radical (unpaired) electrons. The van der Waals surface area contributed by atoms with Crippen LogP contribution in [-0.4, -0.2) is 15.0 Å². The lowest BCUT2D eigenvalue weighted by atomic mass is 10.2. The van der Waals surface area contributed by atoms with E-state index in [0.29, 0.717) is 0 Å². The molecule has 0 amide bonds. The molecule has 0 aromatic heterocycles.